The maximum absolute atomic E-state index is 12.3. The van der Waals surface area contributed by atoms with Crippen molar-refractivity contribution >= 4 is 39.4 Å². The van der Waals surface area contributed by atoms with Gasteiger partial charge in [0.2, 0.25) is 0 Å². The van der Waals surface area contributed by atoms with Crippen LogP contribution in [-0.4, -0.2) is 17.8 Å². The molecule has 0 atom stereocenters. The Morgan fingerprint density at radius 1 is 0.913 bits per heavy atom. The van der Waals surface area contributed by atoms with E-state index in [-0.39, 0.29) is 17.5 Å². The lowest BCUT2D eigenvalue weighted by Gasteiger charge is -2.24. The Balaban J connectivity index is 1.72. The molecule has 3 nitrogen and oxygen atoms in total. The number of carbonyl (C=O) groups is 2. The molecule has 1 saturated carbocycles. The zero-order chi connectivity index (χ0) is 16.2. The lowest BCUT2D eigenvalue weighted by molar-refractivity contribution is -0.133. The second kappa shape index (κ2) is 7.01. The molecule has 0 N–H and O–H groups in total. The number of Topliss-reactive ketones (excluding diaryl/α,β-unsaturated/α-hetero) is 2. The van der Waals surface area contributed by atoms with E-state index in [1.165, 1.54) is 6.21 Å². The van der Waals surface area contributed by atoms with E-state index in [0.717, 1.165) is 15.7 Å². The Bertz CT molecular complexity index is 720. The maximum atomic E-state index is 12.3. The van der Waals surface area contributed by atoms with Crippen molar-refractivity contribution < 1.29 is 9.59 Å². The third-order valence-electron chi connectivity index (χ3n) is 4.06. The minimum atomic E-state index is -0.710. The van der Waals surface area contributed by atoms with Crippen LogP contribution in [0.3, 0.4) is 0 Å². The first-order valence-electron chi connectivity index (χ1n) is 7.53. The molecule has 2 aromatic rings. The third-order valence-corrected chi connectivity index (χ3v) is 4.59. The summed E-state index contributed by atoms with van der Waals surface area (Å²) < 4.78 is 0.965. The summed E-state index contributed by atoms with van der Waals surface area (Å²) >= 11 is 3.36. The van der Waals surface area contributed by atoms with E-state index in [1.54, 1.807) is 0 Å². The second-order valence-electron chi connectivity index (χ2n) is 5.68. The largest absolute Gasteiger partial charge is 0.298 e. The Morgan fingerprint density at radius 2 is 1.52 bits per heavy atom. The number of aliphatic imine (C=N–C) groups is 1. The van der Waals surface area contributed by atoms with Crippen molar-refractivity contribution in [2.45, 2.75) is 18.8 Å². The van der Waals surface area contributed by atoms with Gasteiger partial charge in [-0.15, -0.1) is 0 Å². The molecular formula is C19H16BrNO2. The highest BCUT2D eigenvalue weighted by Crippen LogP contribution is 2.31. The summed E-state index contributed by atoms with van der Waals surface area (Å²) in [6.07, 6.45) is 2.29. The SMILES string of the molecule is O=C1CC(c2ccccc2)CC(=O)C1C=Nc1ccc(Br)cc1. The Labute approximate surface area is 143 Å². The first kappa shape index (κ1) is 15.8. The van der Waals surface area contributed by atoms with E-state index in [0.29, 0.717) is 12.8 Å². The Hall–Kier alpha value is -2.07. The van der Waals surface area contributed by atoms with Crippen LogP contribution >= 0.6 is 15.9 Å². The van der Waals surface area contributed by atoms with Gasteiger partial charge in [0, 0.05) is 23.5 Å². The van der Waals surface area contributed by atoms with E-state index in [1.807, 2.05) is 54.6 Å². The summed E-state index contributed by atoms with van der Waals surface area (Å²) in [5.74, 6) is -0.806. The minimum absolute atomic E-state index is 0.00599. The molecule has 4 heteroatoms. The molecule has 0 bridgehead atoms. The molecule has 23 heavy (non-hydrogen) atoms. The van der Waals surface area contributed by atoms with Crippen LogP contribution in [0.5, 0.6) is 0 Å². The van der Waals surface area contributed by atoms with Gasteiger partial charge in [-0.25, -0.2) is 0 Å². The van der Waals surface area contributed by atoms with Gasteiger partial charge in [0.05, 0.1) is 5.69 Å². The van der Waals surface area contributed by atoms with E-state index >= 15 is 0 Å². The fourth-order valence-electron chi connectivity index (χ4n) is 2.81. The molecule has 1 aliphatic rings. The molecule has 0 aromatic heterocycles. The van der Waals surface area contributed by atoms with Crippen molar-refractivity contribution in [3.05, 3.63) is 64.6 Å². The monoisotopic (exact) mass is 369 g/mol. The van der Waals surface area contributed by atoms with Crippen LogP contribution in [-0.2, 0) is 9.59 Å². The molecule has 1 fully saturated rings. The average molecular weight is 370 g/mol. The predicted octanol–water partition coefficient (Wildman–Crippen LogP) is 4.48. The molecule has 116 valence electrons. The van der Waals surface area contributed by atoms with Crippen molar-refractivity contribution in [1.29, 1.82) is 0 Å². The van der Waals surface area contributed by atoms with Gasteiger partial charge < -0.3 is 0 Å². The lowest BCUT2D eigenvalue weighted by atomic mass is 9.77. The van der Waals surface area contributed by atoms with Gasteiger partial charge >= 0.3 is 0 Å². The molecule has 0 heterocycles. The van der Waals surface area contributed by atoms with Gasteiger partial charge in [0.15, 0.2) is 0 Å². The zero-order valence-electron chi connectivity index (χ0n) is 12.5. The van der Waals surface area contributed by atoms with Crippen LogP contribution in [0.15, 0.2) is 64.1 Å². The summed E-state index contributed by atoms with van der Waals surface area (Å²) in [5.41, 5.74) is 1.79. The zero-order valence-corrected chi connectivity index (χ0v) is 14.1. The minimum Gasteiger partial charge on any atom is -0.298 e. The molecular weight excluding hydrogens is 354 g/mol. The second-order valence-corrected chi connectivity index (χ2v) is 6.60. The first-order valence-corrected chi connectivity index (χ1v) is 8.33. The molecule has 0 amide bonds. The molecule has 0 aliphatic heterocycles. The number of rotatable bonds is 3. The van der Waals surface area contributed by atoms with Crippen LogP contribution in [0.1, 0.15) is 24.3 Å². The normalized spacial score (nSPS) is 21.8. The van der Waals surface area contributed by atoms with Crippen molar-refractivity contribution in [2.24, 2.45) is 10.9 Å². The van der Waals surface area contributed by atoms with Gasteiger partial charge in [0.1, 0.15) is 17.5 Å². The van der Waals surface area contributed by atoms with E-state index in [4.69, 9.17) is 0 Å². The van der Waals surface area contributed by atoms with Crippen molar-refractivity contribution in [2.75, 3.05) is 0 Å². The van der Waals surface area contributed by atoms with Crippen LogP contribution in [0.25, 0.3) is 0 Å². The average Bonchev–Trinajstić information content (AvgIpc) is 2.56. The number of hydrogen-bond donors (Lipinski definition) is 0. The number of hydrogen-bond acceptors (Lipinski definition) is 3. The number of nitrogens with zero attached hydrogens (tertiary/aromatic N) is 1. The maximum Gasteiger partial charge on any atom is 0.149 e. The fraction of sp³-hybridized carbons (Fsp3) is 0.211. The van der Waals surface area contributed by atoms with Crippen LogP contribution in [0, 0.1) is 5.92 Å². The standard InChI is InChI=1S/C19H16BrNO2/c20-15-6-8-16(9-7-15)21-12-17-18(22)10-14(11-19(17)23)13-4-2-1-3-5-13/h1-9,12,14,17H,10-11H2. The summed E-state index contributed by atoms with van der Waals surface area (Å²) in [6, 6.07) is 17.2. The van der Waals surface area contributed by atoms with Crippen molar-refractivity contribution in [3.8, 4) is 0 Å². The number of carbonyl (C=O) groups excluding carboxylic acids is 2. The molecule has 1 aliphatic carbocycles. The Kier molecular flexibility index (Phi) is 4.82. The lowest BCUT2D eigenvalue weighted by Crippen LogP contribution is -2.33. The summed E-state index contributed by atoms with van der Waals surface area (Å²) in [7, 11) is 0. The molecule has 0 radical (unpaired) electrons. The highest BCUT2D eigenvalue weighted by molar-refractivity contribution is 9.10. The van der Waals surface area contributed by atoms with Crippen LogP contribution in [0.4, 0.5) is 5.69 Å². The van der Waals surface area contributed by atoms with Gasteiger partial charge in [-0.2, -0.15) is 0 Å². The molecule has 2 aromatic carbocycles. The molecule has 0 saturated heterocycles. The summed E-state index contributed by atoms with van der Waals surface area (Å²) in [6.45, 7) is 0. The van der Waals surface area contributed by atoms with E-state index < -0.39 is 5.92 Å². The fourth-order valence-corrected chi connectivity index (χ4v) is 3.07. The van der Waals surface area contributed by atoms with Crippen LogP contribution in [0.2, 0.25) is 0 Å². The summed E-state index contributed by atoms with van der Waals surface area (Å²) in [5, 5.41) is 0. The highest BCUT2D eigenvalue weighted by atomic mass is 79.9. The van der Waals surface area contributed by atoms with Gasteiger partial charge in [0.25, 0.3) is 0 Å². The van der Waals surface area contributed by atoms with E-state index in [9.17, 15) is 9.59 Å². The van der Waals surface area contributed by atoms with Gasteiger partial charge in [-0.1, -0.05) is 46.3 Å². The predicted molar refractivity (Wildman–Crippen MR) is 94.2 cm³/mol. The van der Waals surface area contributed by atoms with Crippen molar-refractivity contribution in [3.63, 3.8) is 0 Å². The number of benzene rings is 2. The highest BCUT2D eigenvalue weighted by Gasteiger charge is 2.34. The summed E-state index contributed by atoms with van der Waals surface area (Å²) in [4.78, 5) is 29.0. The van der Waals surface area contributed by atoms with E-state index in [2.05, 4.69) is 20.9 Å². The van der Waals surface area contributed by atoms with Crippen LogP contribution < -0.4 is 0 Å². The Morgan fingerprint density at radius 3 is 2.13 bits per heavy atom. The topological polar surface area (TPSA) is 46.5 Å². The molecule has 3 rings (SSSR count). The third kappa shape index (κ3) is 3.82. The molecule has 0 spiro atoms. The molecule has 0 unspecified atom stereocenters. The van der Waals surface area contributed by atoms with Gasteiger partial charge in [-0.05, 0) is 35.7 Å². The smallest absolute Gasteiger partial charge is 0.149 e. The number of halogens is 1. The van der Waals surface area contributed by atoms with Gasteiger partial charge in [-0.3, -0.25) is 14.6 Å². The van der Waals surface area contributed by atoms with Crippen molar-refractivity contribution in [1.82, 2.24) is 0 Å². The number of ketones is 2. The quantitative estimate of drug-likeness (QED) is 0.591. The first-order chi connectivity index (χ1) is 11.1.